The van der Waals surface area contributed by atoms with E-state index in [4.69, 9.17) is 0 Å². The quantitative estimate of drug-likeness (QED) is 0.752. The maximum atomic E-state index is 13.6. The van der Waals surface area contributed by atoms with Crippen molar-refractivity contribution in [1.82, 2.24) is 9.62 Å². The topological polar surface area (TPSA) is 66.5 Å². The molecule has 22 heavy (non-hydrogen) atoms. The molecule has 7 heteroatoms. The molecule has 0 atom stereocenters. The number of amides is 1. The van der Waals surface area contributed by atoms with Crippen molar-refractivity contribution < 1.29 is 17.6 Å². The second-order valence-corrected chi connectivity index (χ2v) is 7.03. The van der Waals surface area contributed by atoms with Crippen LogP contribution < -0.4 is 4.72 Å². The van der Waals surface area contributed by atoms with Gasteiger partial charge in [-0.25, -0.2) is 17.5 Å². The molecule has 1 amide bonds. The molecule has 0 radical (unpaired) electrons. The molecule has 0 unspecified atom stereocenters. The van der Waals surface area contributed by atoms with Crippen LogP contribution in [0.25, 0.3) is 0 Å². The summed E-state index contributed by atoms with van der Waals surface area (Å²) in [6.07, 6.45) is 1.40. The summed E-state index contributed by atoms with van der Waals surface area (Å²) >= 11 is 0. The number of hydrogen-bond donors (Lipinski definition) is 1. The molecular formula is C15H23FN2O3S. The molecule has 0 fully saturated rings. The van der Waals surface area contributed by atoms with Gasteiger partial charge in [0.15, 0.2) is 0 Å². The summed E-state index contributed by atoms with van der Waals surface area (Å²) < 4.78 is 39.4. The molecule has 5 nitrogen and oxygen atoms in total. The SMILES string of the molecule is CCCCS(=O)(=O)NCCN(Cc1ccccc1F)C(C)=O. The minimum absolute atomic E-state index is 0.0802. The van der Waals surface area contributed by atoms with Gasteiger partial charge in [0.25, 0.3) is 0 Å². The van der Waals surface area contributed by atoms with E-state index in [9.17, 15) is 17.6 Å². The zero-order valence-corrected chi connectivity index (χ0v) is 13.8. The van der Waals surface area contributed by atoms with Gasteiger partial charge in [-0.05, 0) is 12.5 Å². The molecule has 1 aromatic rings. The summed E-state index contributed by atoms with van der Waals surface area (Å²) in [6.45, 7) is 3.75. The van der Waals surface area contributed by atoms with Gasteiger partial charge in [-0.1, -0.05) is 31.5 Å². The average Bonchev–Trinajstić information content (AvgIpc) is 2.46. The molecule has 0 heterocycles. The molecule has 0 aromatic heterocycles. The summed E-state index contributed by atoms with van der Waals surface area (Å²) in [5.74, 6) is -0.523. The van der Waals surface area contributed by atoms with Gasteiger partial charge in [-0.2, -0.15) is 0 Å². The van der Waals surface area contributed by atoms with Crippen LogP contribution >= 0.6 is 0 Å². The number of carbonyl (C=O) groups excluding carboxylic acids is 1. The first-order valence-electron chi connectivity index (χ1n) is 7.32. The van der Waals surface area contributed by atoms with Gasteiger partial charge in [0.1, 0.15) is 5.82 Å². The highest BCUT2D eigenvalue weighted by Gasteiger charge is 2.14. The van der Waals surface area contributed by atoms with E-state index < -0.39 is 10.0 Å². The number of hydrogen-bond acceptors (Lipinski definition) is 3. The molecule has 1 N–H and O–H groups in total. The fourth-order valence-electron chi connectivity index (χ4n) is 1.92. The number of halogens is 1. The van der Waals surface area contributed by atoms with E-state index in [-0.39, 0.29) is 37.1 Å². The third kappa shape index (κ3) is 6.53. The lowest BCUT2D eigenvalue weighted by Crippen LogP contribution is -2.38. The Morgan fingerprint density at radius 3 is 2.59 bits per heavy atom. The summed E-state index contributed by atoms with van der Waals surface area (Å²) in [7, 11) is -3.31. The van der Waals surface area contributed by atoms with Crippen molar-refractivity contribution in [2.24, 2.45) is 0 Å². The van der Waals surface area contributed by atoms with Crippen molar-refractivity contribution in [1.29, 1.82) is 0 Å². The Labute approximate surface area is 131 Å². The third-order valence-corrected chi connectivity index (χ3v) is 4.70. The predicted molar refractivity (Wildman–Crippen MR) is 84.2 cm³/mol. The maximum Gasteiger partial charge on any atom is 0.219 e. The summed E-state index contributed by atoms with van der Waals surface area (Å²) in [4.78, 5) is 13.0. The molecule has 0 aliphatic carbocycles. The molecule has 1 rings (SSSR count). The molecule has 0 bridgehead atoms. The Hall–Kier alpha value is -1.47. The Balaban J connectivity index is 2.56. The van der Waals surface area contributed by atoms with Crippen molar-refractivity contribution in [3.8, 4) is 0 Å². The minimum Gasteiger partial charge on any atom is -0.337 e. The van der Waals surface area contributed by atoms with Crippen LogP contribution in [0.5, 0.6) is 0 Å². The minimum atomic E-state index is -3.31. The fraction of sp³-hybridized carbons (Fsp3) is 0.533. The van der Waals surface area contributed by atoms with E-state index in [1.165, 1.54) is 17.9 Å². The van der Waals surface area contributed by atoms with E-state index in [2.05, 4.69) is 4.72 Å². The molecule has 0 aliphatic heterocycles. The van der Waals surface area contributed by atoms with Gasteiger partial charge in [-0.3, -0.25) is 4.79 Å². The first-order valence-corrected chi connectivity index (χ1v) is 8.97. The highest BCUT2D eigenvalue weighted by molar-refractivity contribution is 7.89. The lowest BCUT2D eigenvalue weighted by molar-refractivity contribution is -0.129. The number of sulfonamides is 1. The molecule has 0 aliphatic rings. The summed E-state index contributed by atoms with van der Waals surface area (Å²) in [5.41, 5.74) is 0.409. The van der Waals surface area contributed by atoms with E-state index in [0.29, 0.717) is 12.0 Å². The van der Waals surface area contributed by atoms with Gasteiger partial charge in [0.05, 0.1) is 5.75 Å². The first kappa shape index (κ1) is 18.6. The Morgan fingerprint density at radius 2 is 2.00 bits per heavy atom. The van der Waals surface area contributed by atoms with Crippen LogP contribution in [0, 0.1) is 5.82 Å². The normalized spacial score (nSPS) is 11.4. The number of nitrogens with one attached hydrogen (secondary N) is 1. The number of unbranched alkanes of at least 4 members (excludes halogenated alkanes) is 1. The highest BCUT2D eigenvalue weighted by atomic mass is 32.2. The molecular weight excluding hydrogens is 307 g/mol. The number of rotatable bonds is 9. The van der Waals surface area contributed by atoms with Crippen molar-refractivity contribution in [2.75, 3.05) is 18.8 Å². The van der Waals surface area contributed by atoms with E-state index >= 15 is 0 Å². The zero-order chi connectivity index (χ0) is 16.6. The Bertz CT molecular complexity index is 590. The van der Waals surface area contributed by atoms with Crippen LogP contribution in [0.3, 0.4) is 0 Å². The van der Waals surface area contributed by atoms with Crippen LogP contribution in [0.4, 0.5) is 4.39 Å². The third-order valence-electron chi connectivity index (χ3n) is 3.23. The number of carbonyl (C=O) groups is 1. The molecule has 0 saturated carbocycles. The van der Waals surface area contributed by atoms with Gasteiger partial charge < -0.3 is 4.90 Å². The largest absolute Gasteiger partial charge is 0.337 e. The highest BCUT2D eigenvalue weighted by Crippen LogP contribution is 2.09. The van der Waals surface area contributed by atoms with E-state index in [1.807, 2.05) is 6.92 Å². The van der Waals surface area contributed by atoms with Gasteiger partial charge in [0.2, 0.25) is 15.9 Å². The second-order valence-electron chi connectivity index (χ2n) is 5.10. The van der Waals surface area contributed by atoms with Gasteiger partial charge >= 0.3 is 0 Å². The molecule has 0 spiro atoms. The lowest BCUT2D eigenvalue weighted by atomic mass is 10.2. The van der Waals surface area contributed by atoms with Gasteiger partial charge in [0, 0.05) is 32.1 Å². The predicted octanol–water partition coefficient (Wildman–Crippen LogP) is 1.89. The van der Waals surface area contributed by atoms with Crippen LogP contribution in [0.2, 0.25) is 0 Å². The second kappa shape index (κ2) is 8.85. The first-order chi connectivity index (χ1) is 10.4. The molecule has 124 valence electrons. The molecule has 1 aromatic carbocycles. The summed E-state index contributed by atoms with van der Waals surface area (Å²) in [6, 6.07) is 6.22. The van der Waals surface area contributed by atoms with E-state index in [1.54, 1.807) is 18.2 Å². The zero-order valence-electron chi connectivity index (χ0n) is 13.0. The summed E-state index contributed by atoms with van der Waals surface area (Å²) in [5, 5.41) is 0. The van der Waals surface area contributed by atoms with Crippen molar-refractivity contribution in [3.05, 3.63) is 35.6 Å². The molecule has 0 saturated heterocycles. The van der Waals surface area contributed by atoms with Crippen LogP contribution in [-0.2, 0) is 21.4 Å². The monoisotopic (exact) mass is 330 g/mol. The number of nitrogens with zero attached hydrogens (tertiary/aromatic N) is 1. The fourth-order valence-corrected chi connectivity index (χ4v) is 3.14. The maximum absolute atomic E-state index is 13.6. The van der Waals surface area contributed by atoms with Crippen molar-refractivity contribution in [2.45, 2.75) is 33.2 Å². The van der Waals surface area contributed by atoms with Crippen LogP contribution in [0.15, 0.2) is 24.3 Å². The van der Waals surface area contributed by atoms with Crippen molar-refractivity contribution in [3.63, 3.8) is 0 Å². The lowest BCUT2D eigenvalue weighted by Gasteiger charge is -2.21. The van der Waals surface area contributed by atoms with Gasteiger partial charge in [-0.15, -0.1) is 0 Å². The van der Waals surface area contributed by atoms with Crippen LogP contribution in [0.1, 0.15) is 32.3 Å². The number of benzene rings is 1. The van der Waals surface area contributed by atoms with E-state index in [0.717, 1.165) is 6.42 Å². The van der Waals surface area contributed by atoms with Crippen molar-refractivity contribution >= 4 is 15.9 Å². The average molecular weight is 330 g/mol. The smallest absolute Gasteiger partial charge is 0.219 e. The Kier molecular flexibility index (Phi) is 7.47. The Morgan fingerprint density at radius 1 is 1.32 bits per heavy atom. The standard InChI is InChI=1S/C15H23FN2O3S/c1-3-4-11-22(20,21)17-9-10-18(13(2)19)12-14-7-5-6-8-15(14)16/h5-8,17H,3-4,9-12H2,1-2H3. The van der Waals surface area contributed by atoms with Crippen LogP contribution in [-0.4, -0.2) is 38.1 Å².